The van der Waals surface area contributed by atoms with Crippen LogP contribution in [0, 0.1) is 0 Å². The number of nitrogens with zero attached hydrogens (tertiary/aromatic N) is 1. The van der Waals surface area contributed by atoms with Gasteiger partial charge in [-0.1, -0.05) is 6.07 Å². The van der Waals surface area contributed by atoms with Gasteiger partial charge in [0.05, 0.1) is 19.1 Å². The Labute approximate surface area is 83.1 Å². The Morgan fingerprint density at radius 2 is 2.43 bits per heavy atom. The highest BCUT2D eigenvalue weighted by molar-refractivity contribution is 5.85. The number of carbonyl (C=O) groups excluding carboxylic acids is 1. The molecule has 0 radical (unpaired) electrons. The van der Waals surface area contributed by atoms with Crippen LogP contribution in [0.15, 0.2) is 24.4 Å². The number of ether oxygens (including phenoxy) is 1. The minimum atomic E-state index is -0.554. The van der Waals surface area contributed by atoms with Crippen LogP contribution >= 0.6 is 0 Å². The summed E-state index contributed by atoms with van der Waals surface area (Å²) in [6.07, 6.45) is 1.93. The third kappa shape index (κ3) is 3.24. The predicted octanol–water partition coefficient (Wildman–Crippen LogP) is 0.167. The zero-order valence-electron chi connectivity index (χ0n) is 8.14. The van der Waals surface area contributed by atoms with E-state index < -0.39 is 6.04 Å². The van der Waals surface area contributed by atoms with Crippen molar-refractivity contribution in [1.82, 2.24) is 4.98 Å². The second-order valence-corrected chi connectivity index (χ2v) is 3.03. The van der Waals surface area contributed by atoms with Gasteiger partial charge >= 0.3 is 0 Å². The SMILES string of the molecule is COCC(N)C(=O)Cc1ccccn1. The van der Waals surface area contributed by atoms with Crippen molar-refractivity contribution in [1.29, 1.82) is 0 Å². The van der Waals surface area contributed by atoms with Gasteiger partial charge < -0.3 is 10.5 Å². The van der Waals surface area contributed by atoms with Gasteiger partial charge in [-0.3, -0.25) is 9.78 Å². The zero-order chi connectivity index (χ0) is 10.4. The van der Waals surface area contributed by atoms with E-state index >= 15 is 0 Å². The summed E-state index contributed by atoms with van der Waals surface area (Å²) in [6.45, 7) is 0.256. The first-order valence-corrected chi connectivity index (χ1v) is 4.41. The third-order valence-electron chi connectivity index (χ3n) is 1.84. The first-order valence-electron chi connectivity index (χ1n) is 4.41. The molecule has 0 aliphatic carbocycles. The van der Waals surface area contributed by atoms with Crippen molar-refractivity contribution in [3.8, 4) is 0 Å². The summed E-state index contributed by atoms with van der Waals surface area (Å²) in [4.78, 5) is 15.5. The summed E-state index contributed by atoms with van der Waals surface area (Å²) in [6, 6.07) is 4.90. The van der Waals surface area contributed by atoms with E-state index in [-0.39, 0.29) is 18.8 Å². The fraction of sp³-hybridized carbons (Fsp3) is 0.400. The van der Waals surface area contributed by atoms with Crippen LogP contribution in [0.3, 0.4) is 0 Å². The number of ketones is 1. The number of rotatable bonds is 5. The highest BCUT2D eigenvalue weighted by Gasteiger charge is 2.13. The summed E-state index contributed by atoms with van der Waals surface area (Å²) in [5.74, 6) is -0.0504. The lowest BCUT2D eigenvalue weighted by Crippen LogP contribution is -2.36. The Morgan fingerprint density at radius 1 is 1.64 bits per heavy atom. The maximum atomic E-state index is 11.5. The van der Waals surface area contributed by atoms with E-state index in [2.05, 4.69) is 4.98 Å². The fourth-order valence-electron chi connectivity index (χ4n) is 1.08. The minimum Gasteiger partial charge on any atom is -0.383 e. The molecular weight excluding hydrogens is 180 g/mol. The molecule has 1 aromatic rings. The summed E-state index contributed by atoms with van der Waals surface area (Å²) in [7, 11) is 1.52. The van der Waals surface area contributed by atoms with Crippen LogP contribution in [0.25, 0.3) is 0 Å². The van der Waals surface area contributed by atoms with E-state index in [1.54, 1.807) is 12.3 Å². The molecule has 1 heterocycles. The Morgan fingerprint density at radius 3 is 3.00 bits per heavy atom. The standard InChI is InChI=1S/C10H14N2O2/c1-14-7-9(11)10(13)6-8-4-2-3-5-12-8/h2-5,9H,6-7,11H2,1H3. The molecule has 2 N–H and O–H groups in total. The average molecular weight is 194 g/mol. The first kappa shape index (κ1) is 10.8. The van der Waals surface area contributed by atoms with Gasteiger partial charge in [-0.2, -0.15) is 0 Å². The van der Waals surface area contributed by atoms with Crippen LogP contribution in [0.4, 0.5) is 0 Å². The third-order valence-corrected chi connectivity index (χ3v) is 1.84. The Hall–Kier alpha value is -1.26. The number of Topliss-reactive ketones (excluding diaryl/α,β-unsaturated/α-hetero) is 1. The number of nitrogens with two attached hydrogens (primary N) is 1. The second-order valence-electron chi connectivity index (χ2n) is 3.03. The number of carbonyl (C=O) groups is 1. The smallest absolute Gasteiger partial charge is 0.157 e. The van der Waals surface area contributed by atoms with Crippen LogP contribution in [-0.4, -0.2) is 30.5 Å². The lowest BCUT2D eigenvalue weighted by Gasteiger charge is -2.08. The largest absolute Gasteiger partial charge is 0.383 e. The van der Waals surface area contributed by atoms with E-state index in [0.717, 1.165) is 5.69 Å². The van der Waals surface area contributed by atoms with Crippen molar-refractivity contribution >= 4 is 5.78 Å². The molecule has 0 spiro atoms. The maximum Gasteiger partial charge on any atom is 0.157 e. The van der Waals surface area contributed by atoms with Crippen LogP contribution in [-0.2, 0) is 16.0 Å². The fourth-order valence-corrected chi connectivity index (χ4v) is 1.08. The molecule has 0 amide bonds. The summed E-state index contributed by atoms with van der Waals surface area (Å²) >= 11 is 0. The quantitative estimate of drug-likeness (QED) is 0.725. The van der Waals surface area contributed by atoms with Crippen LogP contribution < -0.4 is 5.73 Å². The molecule has 0 saturated heterocycles. The van der Waals surface area contributed by atoms with Gasteiger partial charge in [-0.05, 0) is 12.1 Å². The molecular formula is C10H14N2O2. The van der Waals surface area contributed by atoms with Crippen molar-refractivity contribution in [3.05, 3.63) is 30.1 Å². The van der Waals surface area contributed by atoms with Crippen molar-refractivity contribution < 1.29 is 9.53 Å². The minimum absolute atomic E-state index is 0.0504. The number of hydrogen-bond acceptors (Lipinski definition) is 4. The molecule has 0 aliphatic heterocycles. The van der Waals surface area contributed by atoms with Crippen LogP contribution in [0.5, 0.6) is 0 Å². The molecule has 4 nitrogen and oxygen atoms in total. The molecule has 0 aliphatic rings. The van der Waals surface area contributed by atoms with Crippen LogP contribution in [0.2, 0.25) is 0 Å². The van der Waals surface area contributed by atoms with Gasteiger partial charge in [-0.15, -0.1) is 0 Å². The van der Waals surface area contributed by atoms with Gasteiger partial charge in [-0.25, -0.2) is 0 Å². The van der Waals surface area contributed by atoms with Crippen LogP contribution in [0.1, 0.15) is 5.69 Å². The zero-order valence-corrected chi connectivity index (χ0v) is 8.14. The highest BCUT2D eigenvalue weighted by Crippen LogP contribution is 1.97. The van der Waals surface area contributed by atoms with E-state index in [4.69, 9.17) is 10.5 Å². The molecule has 1 atom stereocenters. The molecule has 1 aromatic heterocycles. The molecule has 4 heteroatoms. The molecule has 0 aromatic carbocycles. The van der Waals surface area contributed by atoms with Crippen molar-refractivity contribution in [2.24, 2.45) is 5.73 Å². The molecule has 0 fully saturated rings. The van der Waals surface area contributed by atoms with Gasteiger partial charge in [0, 0.05) is 19.0 Å². The predicted molar refractivity (Wildman–Crippen MR) is 52.8 cm³/mol. The molecule has 0 bridgehead atoms. The number of hydrogen-bond donors (Lipinski definition) is 1. The van der Waals surface area contributed by atoms with Gasteiger partial charge in [0.2, 0.25) is 0 Å². The van der Waals surface area contributed by atoms with E-state index in [0.29, 0.717) is 0 Å². The van der Waals surface area contributed by atoms with Crippen molar-refractivity contribution in [2.45, 2.75) is 12.5 Å². The van der Waals surface area contributed by atoms with Gasteiger partial charge in [0.15, 0.2) is 5.78 Å². The van der Waals surface area contributed by atoms with Crippen molar-refractivity contribution in [2.75, 3.05) is 13.7 Å². The highest BCUT2D eigenvalue weighted by atomic mass is 16.5. The number of aromatic nitrogens is 1. The topological polar surface area (TPSA) is 65.2 Å². The summed E-state index contributed by atoms with van der Waals surface area (Å²) in [5, 5.41) is 0. The maximum absolute atomic E-state index is 11.5. The van der Waals surface area contributed by atoms with Gasteiger partial charge in [0.25, 0.3) is 0 Å². The normalized spacial score (nSPS) is 12.4. The lowest BCUT2D eigenvalue weighted by molar-refractivity contribution is -0.120. The molecule has 14 heavy (non-hydrogen) atoms. The van der Waals surface area contributed by atoms with Crippen molar-refractivity contribution in [3.63, 3.8) is 0 Å². The molecule has 76 valence electrons. The Kier molecular flexibility index (Phi) is 4.22. The summed E-state index contributed by atoms with van der Waals surface area (Å²) < 4.78 is 4.80. The van der Waals surface area contributed by atoms with E-state index in [1.807, 2.05) is 12.1 Å². The first-order chi connectivity index (χ1) is 6.74. The average Bonchev–Trinajstić information content (AvgIpc) is 2.19. The van der Waals surface area contributed by atoms with Gasteiger partial charge in [0.1, 0.15) is 0 Å². The second kappa shape index (κ2) is 5.47. The lowest BCUT2D eigenvalue weighted by atomic mass is 10.1. The molecule has 0 saturated carbocycles. The Bertz CT molecular complexity index is 287. The molecule has 1 rings (SSSR count). The number of pyridine rings is 1. The van der Waals surface area contributed by atoms with E-state index in [1.165, 1.54) is 7.11 Å². The van der Waals surface area contributed by atoms with E-state index in [9.17, 15) is 4.79 Å². The number of methoxy groups -OCH3 is 1. The Balaban J connectivity index is 2.49. The summed E-state index contributed by atoms with van der Waals surface area (Å²) in [5.41, 5.74) is 6.31. The monoisotopic (exact) mass is 194 g/mol. The molecule has 1 unspecified atom stereocenters.